The van der Waals surface area contributed by atoms with E-state index in [-0.39, 0.29) is 12.5 Å². The second kappa shape index (κ2) is 8.38. The van der Waals surface area contributed by atoms with E-state index in [4.69, 9.17) is 32.7 Å². The third kappa shape index (κ3) is 5.27. The monoisotopic (exact) mass is 361 g/mol. The first-order chi connectivity index (χ1) is 11.0. The Kier molecular flexibility index (Phi) is 6.50. The molecule has 1 aliphatic rings. The number of rotatable bonds is 6. The van der Waals surface area contributed by atoms with Gasteiger partial charge in [-0.1, -0.05) is 23.2 Å². The Balaban J connectivity index is 1.88. The first kappa shape index (κ1) is 17.8. The van der Waals surface area contributed by atoms with E-state index >= 15 is 0 Å². The Labute approximate surface area is 143 Å². The van der Waals surface area contributed by atoms with E-state index < -0.39 is 17.9 Å². The van der Waals surface area contributed by atoms with Crippen LogP contribution >= 0.6 is 23.2 Å². The minimum Gasteiger partial charge on any atom is -0.484 e. The van der Waals surface area contributed by atoms with E-state index in [9.17, 15) is 14.7 Å². The van der Waals surface area contributed by atoms with E-state index in [0.29, 0.717) is 35.4 Å². The maximum Gasteiger partial charge on any atom is 0.326 e. The van der Waals surface area contributed by atoms with Gasteiger partial charge in [0.15, 0.2) is 6.61 Å². The number of hydrogen-bond donors (Lipinski definition) is 2. The van der Waals surface area contributed by atoms with Crippen molar-refractivity contribution in [3.63, 3.8) is 0 Å². The molecule has 1 aliphatic heterocycles. The smallest absolute Gasteiger partial charge is 0.326 e. The number of ether oxygens (including phenoxy) is 2. The number of aliphatic carboxylic acids is 1. The zero-order valence-electron chi connectivity index (χ0n) is 12.3. The van der Waals surface area contributed by atoms with Crippen molar-refractivity contribution in [2.24, 2.45) is 5.92 Å². The van der Waals surface area contributed by atoms with Crippen LogP contribution in [0.15, 0.2) is 18.2 Å². The number of nitrogens with one attached hydrogen (secondary N) is 1. The lowest BCUT2D eigenvalue weighted by molar-refractivity contribution is -0.145. The molecule has 0 saturated carbocycles. The molecule has 126 valence electrons. The summed E-state index contributed by atoms with van der Waals surface area (Å²) in [4.78, 5) is 23.3. The van der Waals surface area contributed by atoms with Gasteiger partial charge in [0.2, 0.25) is 0 Å². The van der Waals surface area contributed by atoms with E-state index in [1.54, 1.807) is 12.1 Å². The van der Waals surface area contributed by atoms with Gasteiger partial charge in [0.25, 0.3) is 5.91 Å². The average Bonchev–Trinajstić information content (AvgIpc) is 2.54. The normalized spacial score (nSPS) is 19.0. The van der Waals surface area contributed by atoms with Gasteiger partial charge in [-0.3, -0.25) is 4.79 Å². The van der Waals surface area contributed by atoms with Crippen LogP contribution in [0.25, 0.3) is 0 Å². The van der Waals surface area contributed by atoms with Crippen LogP contribution in [0.2, 0.25) is 10.0 Å². The Hall–Kier alpha value is -1.50. The number of carboxylic acid groups (broad SMARTS) is 1. The molecule has 1 saturated heterocycles. The zero-order valence-corrected chi connectivity index (χ0v) is 13.8. The fourth-order valence-electron chi connectivity index (χ4n) is 2.34. The second-order valence-electron chi connectivity index (χ2n) is 5.23. The lowest BCUT2D eigenvalue weighted by Crippen LogP contribution is -2.49. The van der Waals surface area contributed by atoms with Crippen LogP contribution in [-0.4, -0.2) is 42.8 Å². The number of benzene rings is 1. The van der Waals surface area contributed by atoms with Crippen LogP contribution in [0.5, 0.6) is 5.75 Å². The Morgan fingerprint density at radius 1 is 1.39 bits per heavy atom. The molecule has 0 aliphatic carbocycles. The number of halogens is 2. The highest BCUT2D eigenvalue weighted by atomic mass is 35.5. The van der Waals surface area contributed by atoms with Crippen LogP contribution in [0.1, 0.15) is 12.8 Å². The van der Waals surface area contributed by atoms with Gasteiger partial charge in [0.1, 0.15) is 11.8 Å². The minimum absolute atomic E-state index is 0.241. The van der Waals surface area contributed by atoms with Gasteiger partial charge in [0, 0.05) is 18.6 Å². The van der Waals surface area contributed by atoms with Gasteiger partial charge in [-0.25, -0.2) is 4.79 Å². The molecule has 1 fully saturated rings. The Bertz CT molecular complexity index is 575. The molecule has 1 aromatic carbocycles. The number of carboxylic acids is 1. The van der Waals surface area contributed by atoms with E-state index in [0.717, 1.165) is 6.42 Å². The molecule has 6 nitrogen and oxygen atoms in total. The Morgan fingerprint density at radius 3 is 2.78 bits per heavy atom. The average molecular weight is 362 g/mol. The summed E-state index contributed by atoms with van der Waals surface area (Å²) in [5.74, 6) is -1.46. The van der Waals surface area contributed by atoms with Crippen LogP contribution in [-0.2, 0) is 14.3 Å². The highest BCUT2D eigenvalue weighted by Crippen LogP contribution is 2.26. The van der Waals surface area contributed by atoms with Gasteiger partial charge < -0.3 is 19.9 Å². The van der Waals surface area contributed by atoms with Crippen molar-refractivity contribution in [2.75, 3.05) is 19.8 Å². The third-order valence-corrected chi connectivity index (χ3v) is 4.25. The summed E-state index contributed by atoms with van der Waals surface area (Å²) >= 11 is 11.6. The van der Waals surface area contributed by atoms with Crippen molar-refractivity contribution < 1.29 is 24.2 Å². The van der Waals surface area contributed by atoms with Gasteiger partial charge >= 0.3 is 5.97 Å². The van der Waals surface area contributed by atoms with Crippen LogP contribution < -0.4 is 10.1 Å². The summed E-state index contributed by atoms with van der Waals surface area (Å²) in [7, 11) is 0. The van der Waals surface area contributed by atoms with Crippen molar-refractivity contribution in [2.45, 2.75) is 18.9 Å². The molecule has 0 spiro atoms. The SMILES string of the molecule is O=C(COc1ccc(Cl)c(Cl)c1)NC(C(=O)O)C1CCCOC1. The summed E-state index contributed by atoms with van der Waals surface area (Å²) in [6.07, 6.45) is 1.48. The quantitative estimate of drug-likeness (QED) is 0.812. The minimum atomic E-state index is -1.08. The molecule has 2 N–H and O–H groups in total. The number of hydrogen-bond acceptors (Lipinski definition) is 4. The van der Waals surface area contributed by atoms with Crippen LogP contribution in [0.4, 0.5) is 0 Å². The van der Waals surface area contributed by atoms with Crippen molar-refractivity contribution >= 4 is 35.1 Å². The van der Waals surface area contributed by atoms with Gasteiger partial charge in [-0.05, 0) is 25.0 Å². The summed E-state index contributed by atoms with van der Waals surface area (Å²) in [5, 5.41) is 12.5. The summed E-state index contributed by atoms with van der Waals surface area (Å²) in [5.41, 5.74) is 0. The number of amides is 1. The summed E-state index contributed by atoms with van der Waals surface area (Å²) < 4.78 is 10.6. The molecule has 23 heavy (non-hydrogen) atoms. The van der Waals surface area contributed by atoms with Crippen molar-refractivity contribution in [3.8, 4) is 5.75 Å². The number of carbonyl (C=O) groups excluding carboxylic acids is 1. The lowest BCUT2D eigenvalue weighted by atomic mass is 9.94. The standard InChI is InChI=1S/C15H17Cl2NO5/c16-11-4-3-10(6-12(11)17)23-8-13(19)18-14(15(20)21)9-2-1-5-22-7-9/h3-4,6,9,14H,1-2,5,7-8H2,(H,18,19)(H,20,21). The third-order valence-electron chi connectivity index (χ3n) is 3.51. The molecule has 2 rings (SSSR count). The topological polar surface area (TPSA) is 84.9 Å². The first-order valence-electron chi connectivity index (χ1n) is 7.15. The van der Waals surface area contributed by atoms with E-state index in [1.165, 1.54) is 6.07 Å². The summed E-state index contributed by atoms with van der Waals surface area (Å²) in [6.45, 7) is 0.636. The van der Waals surface area contributed by atoms with Gasteiger partial charge in [-0.2, -0.15) is 0 Å². The molecule has 1 amide bonds. The maximum atomic E-state index is 11.9. The fraction of sp³-hybridized carbons (Fsp3) is 0.467. The van der Waals surface area contributed by atoms with Gasteiger partial charge in [0.05, 0.1) is 16.7 Å². The molecule has 8 heteroatoms. The van der Waals surface area contributed by atoms with Crippen LogP contribution in [0.3, 0.4) is 0 Å². The van der Waals surface area contributed by atoms with Crippen LogP contribution in [0, 0.1) is 5.92 Å². The van der Waals surface area contributed by atoms with Crippen molar-refractivity contribution in [1.82, 2.24) is 5.32 Å². The maximum absolute atomic E-state index is 11.9. The predicted octanol–water partition coefficient (Wildman–Crippen LogP) is 2.37. The molecular formula is C15H17Cl2NO5. The van der Waals surface area contributed by atoms with E-state index in [2.05, 4.69) is 5.32 Å². The Morgan fingerprint density at radius 2 is 2.17 bits per heavy atom. The van der Waals surface area contributed by atoms with E-state index in [1.807, 2.05) is 0 Å². The van der Waals surface area contributed by atoms with Gasteiger partial charge in [-0.15, -0.1) is 0 Å². The lowest BCUT2D eigenvalue weighted by Gasteiger charge is -2.28. The molecule has 2 atom stereocenters. The largest absolute Gasteiger partial charge is 0.484 e. The highest BCUT2D eigenvalue weighted by Gasteiger charge is 2.31. The first-order valence-corrected chi connectivity index (χ1v) is 7.90. The molecular weight excluding hydrogens is 345 g/mol. The molecule has 2 unspecified atom stereocenters. The highest BCUT2D eigenvalue weighted by molar-refractivity contribution is 6.42. The molecule has 0 aromatic heterocycles. The summed E-state index contributed by atoms with van der Waals surface area (Å²) in [6, 6.07) is 3.63. The zero-order chi connectivity index (χ0) is 16.8. The van der Waals surface area contributed by atoms with Crippen molar-refractivity contribution in [3.05, 3.63) is 28.2 Å². The fourth-order valence-corrected chi connectivity index (χ4v) is 2.63. The number of carbonyl (C=O) groups is 2. The molecule has 1 aromatic rings. The van der Waals surface area contributed by atoms with Crippen molar-refractivity contribution in [1.29, 1.82) is 0 Å². The molecule has 0 radical (unpaired) electrons. The molecule has 0 bridgehead atoms. The molecule has 1 heterocycles. The predicted molar refractivity (Wildman–Crippen MR) is 85.1 cm³/mol. The second-order valence-corrected chi connectivity index (χ2v) is 6.04.